The number of hydrogen-bond acceptors (Lipinski definition) is 7. The van der Waals surface area contributed by atoms with Gasteiger partial charge in [0.05, 0.1) is 0 Å². The summed E-state index contributed by atoms with van der Waals surface area (Å²) in [6, 6.07) is 11.4. The van der Waals surface area contributed by atoms with E-state index in [1.54, 1.807) is 41.5 Å². The molecule has 11 nitrogen and oxygen atoms in total. The molecule has 4 N–H and O–H groups in total. The molecule has 0 radical (unpaired) electrons. The highest BCUT2D eigenvalue weighted by atomic mass is 16.6. The van der Waals surface area contributed by atoms with Crippen molar-refractivity contribution in [2.24, 2.45) is 5.73 Å². The maximum Gasteiger partial charge on any atom is 0.408 e. The number of esters is 1. The van der Waals surface area contributed by atoms with Crippen molar-refractivity contribution in [3.63, 3.8) is 0 Å². The Morgan fingerprint density at radius 1 is 0.800 bits per heavy atom. The Kier molecular flexibility index (Phi) is 16.0. The number of nitrogens with zero attached hydrogens (tertiary/aromatic N) is 1. The molecule has 0 saturated carbocycles. The molecule has 0 aliphatic carbocycles. The van der Waals surface area contributed by atoms with Gasteiger partial charge in [-0.1, -0.05) is 85.8 Å². The number of aryl methyl sites for hydroxylation is 2. The number of carbonyl (C=O) groups excluding carboxylic acids is 5. The highest BCUT2D eigenvalue weighted by molar-refractivity contribution is 5.94. The second-order valence-electron chi connectivity index (χ2n) is 14.9. The van der Waals surface area contributed by atoms with Crippen LogP contribution in [0.3, 0.4) is 0 Å². The van der Waals surface area contributed by atoms with Gasteiger partial charge in [-0.2, -0.15) is 0 Å². The molecular weight excluding hydrogens is 636 g/mol. The van der Waals surface area contributed by atoms with Gasteiger partial charge in [-0.3, -0.25) is 14.4 Å². The first-order chi connectivity index (χ1) is 23.3. The van der Waals surface area contributed by atoms with Crippen LogP contribution in [0.1, 0.15) is 115 Å². The third-order valence-electron chi connectivity index (χ3n) is 7.61. The first kappa shape index (κ1) is 41.8. The average molecular weight is 695 g/mol. The minimum atomic E-state index is -1.23. The van der Waals surface area contributed by atoms with Gasteiger partial charge in [0.15, 0.2) is 0 Å². The number of amides is 4. The van der Waals surface area contributed by atoms with Crippen LogP contribution in [0.25, 0.3) is 0 Å². The lowest BCUT2D eigenvalue weighted by molar-refractivity contribution is -0.159. The first-order valence-electron chi connectivity index (χ1n) is 17.5. The Morgan fingerprint density at radius 3 is 1.94 bits per heavy atom. The van der Waals surface area contributed by atoms with Crippen LogP contribution in [0.5, 0.6) is 0 Å². The average Bonchev–Trinajstić information content (AvgIpc) is 2.98. The van der Waals surface area contributed by atoms with Crippen molar-refractivity contribution in [2.75, 3.05) is 6.54 Å². The number of nitrogens with one attached hydrogen (secondary N) is 2. The largest absolute Gasteiger partial charge is 0.458 e. The zero-order valence-corrected chi connectivity index (χ0v) is 31.4. The third-order valence-corrected chi connectivity index (χ3v) is 7.61. The molecule has 0 aliphatic rings. The number of carbonyl (C=O) groups is 5. The number of nitrogens with two attached hydrogens (primary N) is 1. The summed E-state index contributed by atoms with van der Waals surface area (Å²) < 4.78 is 11.2. The van der Waals surface area contributed by atoms with Gasteiger partial charge in [-0.25, -0.2) is 9.59 Å². The van der Waals surface area contributed by atoms with Crippen LogP contribution in [-0.2, 0) is 35.1 Å². The second-order valence-corrected chi connectivity index (χ2v) is 14.9. The van der Waals surface area contributed by atoms with Crippen LogP contribution in [-0.4, -0.2) is 64.5 Å². The molecule has 276 valence electrons. The van der Waals surface area contributed by atoms with Crippen molar-refractivity contribution < 1.29 is 33.4 Å². The van der Waals surface area contributed by atoms with Crippen molar-refractivity contribution in [3.05, 3.63) is 70.8 Å². The van der Waals surface area contributed by atoms with Gasteiger partial charge in [0.1, 0.15) is 29.3 Å². The van der Waals surface area contributed by atoms with Crippen LogP contribution in [0.4, 0.5) is 4.79 Å². The smallest absolute Gasteiger partial charge is 0.408 e. The Hall–Kier alpha value is -4.41. The van der Waals surface area contributed by atoms with E-state index < -0.39 is 59.1 Å². The molecule has 0 heterocycles. The van der Waals surface area contributed by atoms with E-state index in [4.69, 9.17) is 15.2 Å². The second kappa shape index (κ2) is 19.1. The number of unbranched alkanes of at least 4 members (excludes halogenated alkanes) is 3. The summed E-state index contributed by atoms with van der Waals surface area (Å²) in [7, 11) is 0. The fourth-order valence-corrected chi connectivity index (χ4v) is 5.58. The summed E-state index contributed by atoms with van der Waals surface area (Å²) in [5, 5.41) is 5.56. The molecule has 0 aromatic heterocycles. The predicted molar refractivity (Wildman–Crippen MR) is 194 cm³/mol. The number of alkyl carbamates (subject to hydrolysis) is 1. The maximum absolute atomic E-state index is 14.7. The Labute approximate surface area is 298 Å². The monoisotopic (exact) mass is 694 g/mol. The normalized spacial score (nSPS) is 13.4. The standard InChI is InChI=1S/C39H58N4O7/c1-10-11-12-16-21-43(35(46)30(19-20-32(40)44)42-37(48)50-39(7,8)9)33(29-23-26(2)22-27(3)24-29)34(45)41-31(36(47)49-38(4,5)6)25-28-17-14-13-15-18-28/h13-15,17-18,22-24,30-31,33H,10-12,16,19-21,25H2,1-9H3,(H2,40,44)(H,41,45)(H,42,48). The third kappa shape index (κ3) is 15.0. The topological polar surface area (TPSA) is 157 Å². The first-order valence-corrected chi connectivity index (χ1v) is 17.5. The molecule has 0 fully saturated rings. The van der Waals surface area contributed by atoms with E-state index in [0.29, 0.717) is 12.0 Å². The molecule has 50 heavy (non-hydrogen) atoms. The number of rotatable bonds is 17. The van der Waals surface area contributed by atoms with Gasteiger partial charge in [0, 0.05) is 19.4 Å². The predicted octanol–water partition coefficient (Wildman–Crippen LogP) is 5.98. The van der Waals surface area contributed by atoms with Crippen LogP contribution in [0.2, 0.25) is 0 Å². The minimum absolute atomic E-state index is 0.103. The van der Waals surface area contributed by atoms with E-state index in [1.807, 2.05) is 62.4 Å². The fourth-order valence-electron chi connectivity index (χ4n) is 5.58. The Balaban J connectivity index is 2.69. The number of hydrogen-bond donors (Lipinski definition) is 3. The lowest BCUT2D eigenvalue weighted by Crippen LogP contribution is -2.55. The van der Waals surface area contributed by atoms with Crippen molar-refractivity contribution >= 4 is 29.8 Å². The fraction of sp³-hybridized carbons (Fsp3) is 0.564. The van der Waals surface area contributed by atoms with Crippen LogP contribution in [0.15, 0.2) is 48.5 Å². The van der Waals surface area contributed by atoms with Crippen molar-refractivity contribution in [1.82, 2.24) is 15.5 Å². The summed E-state index contributed by atoms with van der Waals surface area (Å²) in [4.78, 5) is 69.2. The Morgan fingerprint density at radius 2 is 1.40 bits per heavy atom. The van der Waals surface area contributed by atoms with Gasteiger partial charge in [0.2, 0.25) is 17.7 Å². The minimum Gasteiger partial charge on any atom is -0.458 e. The van der Waals surface area contributed by atoms with Crippen molar-refractivity contribution in [2.45, 2.75) is 137 Å². The van der Waals surface area contributed by atoms with Gasteiger partial charge >= 0.3 is 12.1 Å². The summed E-state index contributed by atoms with van der Waals surface area (Å²) >= 11 is 0. The van der Waals surface area contributed by atoms with E-state index in [1.165, 1.54) is 4.90 Å². The molecule has 3 atom stereocenters. The lowest BCUT2D eigenvalue weighted by Gasteiger charge is -2.35. The van der Waals surface area contributed by atoms with Crippen LogP contribution >= 0.6 is 0 Å². The van der Waals surface area contributed by atoms with Gasteiger partial charge < -0.3 is 30.7 Å². The van der Waals surface area contributed by atoms with Crippen molar-refractivity contribution in [1.29, 1.82) is 0 Å². The van der Waals surface area contributed by atoms with Crippen LogP contribution < -0.4 is 16.4 Å². The van der Waals surface area contributed by atoms with Gasteiger partial charge in [-0.05, 0) is 79.4 Å². The van der Waals surface area contributed by atoms with E-state index in [2.05, 4.69) is 17.6 Å². The van der Waals surface area contributed by atoms with Gasteiger partial charge in [0.25, 0.3) is 0 Å². The Bertz CT molecular complexity index is 1430. The number of benzene rings is 2. The maximum atomic E-state index is 14.7. The molecule has 0 saturated heterocycles. The summed E-state index contributed by atoms with van der Waals surface area (Å²) in [6.45, 7) is 16.4. The molecule has 0 bridgehead atoms. The molecule has 11 heteroatoms. The molecular formula is C39H58N4O7. The zero-order valence-electron chi connectivity index (χ0n) is 31.4. The SMILES string of the molecule is CCCCCCN(C(=O)C(CCC(N)=O)NC(=O)OC(C)(C)C)C(C(=O)NC(Cc1ccccc1)C(=O)OC(C)(C)C)c1cc(C)cc(C)c1. The van der Waals surface area contributed by atoms with E-state index in [0.717, 1.165) is 36.0 Å². The summed E-state index contributed by atoms with van der Waals surface area (Å²) in [5.41, 5.74) is 6.91. The van der Waals surface area contributed by atoms with E-state index >= 15 is 0 Å². The summed E-state index contributed by atoms with van der Waals surface area (Å²) in [6.07, 6.45) is 2.26. The van der Waals surface area contributed by atoms with E-state index in [9.17, 15) is 24.0 Å². The van der Waals surface area contributed by atoms with Crippen LogP contribution in [0, 0.1) is 13.8 Å². The molecule has 2 aromatic rings. The zero-order chi connectivity index (χ0) is 37.6. The molecule has 2 rings (SSSR count). The molecule has 4 amide bonds. The number of ether oxygens (including phenoxy) is 2. The molecule has 0 spiro atoms. The highest BCUT2D eigenvalue weighted by Gasteiger charge is 2.38. The molecule has 0 aliphatic heterocycles. The highest BCUT2D eigenvalue weighted by Crippen LogP contribution is 2.27. The molecule has 3 unspecified atom stereocenters. The quantitative estimate of drug-likeness (QED) is 0.136. The molecule has 2 aromatic carbocycles. The number of primary amides is 1. The van der Waals surface area contributed by atoms with Gasteiger partial charge in [-0.15, -0.1) is 0 Å². The van der Waals surface area contributed by atoms with E-state index in [-0.39, 0.29) is 25.8 Å². The van der Waals surface area contributed by atoms with Crippen molar-refractivity contribution in [3.8, 4) is 0 Å². The lowest BCUT2D eigenvalue weighted by atomic mass is 9.96. The summed E-state index contributed by atoms with van der Waals surface area (Å²) in [5.74, 6) is -2.42.